The second kappa shape index (κ2) is 14.6. The predicted octanol–water partition coefficient (Wildman–Crippen LogP) is 12.6. The van der Waals surface area contributed by atoms with E-state index >= 15 is 0 Å². The zero-order valence-corrected chi connectivity index (χ0v) is 31.1. The van der Waals surface area contributed by atoms with Gasteiger partial charge in [0.15, 0.2) is 0 Å². The van der Waals surface area contributed by atoms with Crippen LogP contribution in [0.15, 0.2) is 109 Å². The molecule has 0 aliphatic rings. The molecule has 51 heavy (non-hydrogen) atoms. The van der Waals surface area contributed by atoms with Crippen LogP contribution in [0.2, 0.25) is 0 Å². The summed E-state index contributed by atoms with van der Waals surface area (Å²) in [6.45, 7) is 15.7. The van der Waals surface area contributed by atoms with E-state index in [2.05, 4.69) is 138 Å². The smallest absolute Gasteiger partial charge is 0.137 e. The molecule has 5 heteroatoms. The summed E-state index contributed by atoms with van der Waals surface area (Å²) in [4.78, 5) is 4.91. The van der Waals surface area contributed by atoms with Crippen LogP contribution in [0, 0.1) is 25.7 Å². The van der Waals surface area contributed by atoms with Crippen LogP contribution in [0.3, 0.4) is 0 Å². The Morgan fingerprint density at radius 2 is 1.49 bits per heavy atom. The molecule has 0 aliphatic heterocycles. The molecule has 0 amide bonds. The van der Waals surface area contributed by atoms with E-state index < -0.39 is 0 Å². The fraction of sp³-hybridized carbons (Fsp3) is 0.304. The van der Waals surface area contributed by atoms with Crippen molar-refractivity contribution < 1.29 is 4.74 Å². The van der Waals surface area contributed by atoms with E-state index in [4.69, 9.17) is 14.8 Å². The quantitative estimate of drug-likeness (QED) is 0.130. The Morgan fingerprint density at radius 1 is 0.686 bits per heavy atom. The number of pyridine rings is 1. The number of hydrogen-bond donors (Lipinski definition) is 0. The molecular weight excluding hydrogens is 625 g/mol. The van der Waals surface area contributed by atoms with Gasteiger partial charge in [0.1, 0.15) is 17.3 Å². The van der Waals surface area contributed by atoms with Gasteiger partial charge < -0.3 is 4.74 Å². The van der Waals surface area contributed by atoms with Crippen molar-refractivity contribution in [3.8, 4) is 34.1 Å². The van der Waals surface area contributed by atoms with Gasteiger partial charge in [-0.15, -0.1) is 0 Å². The maximum Gasteiger partial charge on any atom is 0.137 e. The van der Waals surface area contributed by atoms with Crippen molar-refractivity contribution in [1.29, 1.82) is 0 Å². The van der Waals surface area contributed by atoms with Gasteiger partial charge >= 0.3 is 0 Å². The highest BCUT2D eigenvalue weighted by Gasteiger charge is 2.18. The highest BCUT2D eigenvalue weighted by atomic mass is 16.5. The molecular formula is C46H50N4O. The first-order chi connectivity index (χ1) is 24.7. The SMILES string of the molecule is Cc1nn(-c2cccc(Oc3ccc4c5cc(C(C)CCCC(C)C)ccc5n(-c5cc(CC(C)C)ccn5)c4c3)c2)c(C)c1-c1ccccc1. The molecule has 1 atom stereocenters. The van der Waals surface area contributed by atoms with Gasteiger partial charge in [-0.1, -0.05) is 89.9 Å². The van der Waals surface area contributed by atoms with Crippen molar-refractivity contribution in [2.45, 2.75) is 80.1 Å². The van der Waals surface area contributed by atoms with Crippen LogP contribution in [-0.4, -0.2) is 19.3 Å². The highest BCUT2D eigenvalue weighted by molar-refractivity contribution is 6.09. The molecule has 0 radical (unpaired) electrons. The molecule has 260 valence electrons. The number of aromatic nitrogens is 4. The minimum atomic E-state index is 0.500. The molecule has 0 spiro atoms. The summed E-state index contributed by atoms with van der Waals surface area (Å²) in [5.41, 5.74) is 10.3. The van der Waals surface area contributed by atoms with Crippen molar-refractivity contribution in [3.05, 3.63) is 132 Å². The standard InChI is InChI=1S/C46H50N4O/c1-30(2)13-11-14-32(5)37-19-22-43-42(27-37)41-21-20-40(29-44(41)49(43)45-26-35(23-24-47-45)25-31(3)4)51-39-18-12-17-38(28-39)50-34(7)46(33(6)48-50)36-15-9-8-10-16-36/h8-10,12,15-24,26-32H,11,13-14,25H2,1-7H3. The lowest BCUT2D eigenvalue weighted by Gasteiger charge is -2.14. The molecule has 5 nitrogen and oxygen atoms in total. The van der Waals surface area contributed by atoms with Crippen molar-refractivity contribution >= 4 is 21.8 Å². The molecule has 0 saturated carbocycles. The number of aryl methyl sites for hydroxylation is 1. The van der Waals surface area contributed by atoms with E-state index in [1.54, 1.807) is 0 Å². The van der Waals surface area contributed by atoms with Gasteiger partial charge in [-0.2, -0.15) is 5.10 Å². The first-order valence-corrected chi connectivity index (χ1v) is 18.6. The molecule has 0 saturated heterocycles. The second-order valence-corrected chi connectivity index (χ2v) is 15.1. The van der Waals surface area contributed by atoms with Crippen LogP contribution < -0.4 is 4.74 Å². The van der Waals surface area contributed by atoms with Gasteiger partial charge in [-0.3, -0.25) is 4.57 Å². The van der Waals surface area contributed by atoms with Crippen LogP contribution >= 0.6 is 0 Å². The lowest BCUT2D eigenvalue weighted by Crippen LogP contribution is -2.01. The van der Waals surface area contributed by atoms with Gasteiger partial charge in [0.05, 0.1) is 22.4 Å². The number of fused-ring (bicyclic) bond motifs is 3. The molecule has 0 N–H and O–H groups in total. The van der Waals surface area contributed by atoms with Crippen molar-refractivity contribution in [3.63, 3.8) is 0 Å². The van der Waals surface area contributed by atoms with E-state index in [0.29, 0.717) is 11.8 Å². The zero-order valence-electron chi connectivity index (χ0n) is 31.1. The molecule has 1 unspecified atom stereocenters. The molecule has 7 rings (SSSR count). The topological polar surface area (TPSA) is 44.9 Å². The van der Waals surface area contributed by atoms with E-state index in [0.717, 1.165) is 57.8 Å². The average Bonchev–Trinajstić information content (AvgIpc) is 3.60. The van der Waals surface area contributed by atoms with Crippen molar-refractivity contribution in [2.24, 2.45) is 11.8 Å². The van der Waals surface area contributed by atoms with E-state index in [1.165, 1.54) is 52.3 Å². The predicted molar refractivity (Wildman–Crippen MR) is 213 cm³/mol. The zero-order chi connectivity index (χ0) is 35.6. The van der Waals surface area contributed by atoms with Gasteiger partial charge in [-0.05, 0) is 110 Å². The Kier molecular flexibility index (Phi) is 9.82. The van der Waals surface area contributed by atoms with Crippen molar-refractivity contribution in [2.75, 3.05) is 0 Å². The molecule has 3 aromatic heterocycles. The number of ether oxygens (including phenoxy) is 1. The highest BCUT2D eigenvalue weighted by Crippen LogP contribution is 2.38. The Bertz CT molecular complexity index is 2290. The summed E-state index contributed by atoms with van der Waals surface area (Å²) in [6, 6.07) is 36.6. The first-order valence-electron chi connectivity index (χ1n) is 18.6. The summed E-state index contributed by atoms with van der Waals surface area (Å²) in [5, 5.41) is 7.39. The van der Waals surface area contributed by atoms with Crippen LogP contribution in [0.5, 0.6) is 11.5 Å². The van der Waals surface area contributed by atoms with Crippen LogP contribution in [-0.2, 0) is 6.42 Å². The molecule has 4 aromatic carbocycles. The fourth-order valence-electron chi connectivity index (χ4n) is 7.55. The summed E-state index contributed by atoms with van der Waals surface area (Å²) >= 11 is 0. The van der Waals surface area contributed by atoms with Gasteiger partial charge in [0.2, 0.25) is 0 Å². The molecule has 3 heterocycles. The average molecular weight is 675 g/mol. The Hall–Kier alpha value is -5.16. The molecule has 0 fully saturated rings. The first kappa shape index (κ1) is 34.3. The lowest BCUT2D eigenvalue weighted by molar-refractivity contribution is 0.482. The Balaban J connectivity index is 1.27. The monoisotopic (exact) mass is 674 g/mol. The maximum absolute atomic E-state index is 6.62. The minimum Gasteiger partial charge on any atom is -0.457 e. The maximum atomic E-state index is 6.62. The third-order valence-corrected chi connectivity index (χ3v) is 10.1. The molecule has 0 bridgehead atoms. The molecule has 0 aliphatic carbocycles. The fourth-order valence-corrected chi connectivity index (χ4v) is 7.55. The largest absolute Gasteiger partial charge is 0.457 e. The van der Waals surface area contributed by atoms with Crippen LogP contribution in [0.1, 0.15) is 82.3 Å². The lowest BCUT2D eigenvalue weighted by atomic mass is 9.92. The summed E-state index contributed by atoms with van der Waals surface area (Å²) in [7, 11) is 0. The second-order valence-electron chi connectivity index (χ2n) is 15.1. The van der Waals surface area contributed by atoms with Crippen LogP contribution in [0.25, 0.3) is 44.4 Å². The van der Waals surface area contributed by atoms with Crippen molar-refractivity contribution in [1.82, 2.24) is 19.3 Å². The third-order valence-electron chi connectivity index (χ3n) is 10.1. The van der Waals surface area contributed by atoms with E-state index in [1.807, 2.05) is 29.1 Å². The van der Waals surface area contributed by atoms with Gasteiger partial charge in [0.25, 0.3) is 0 Å². The Morgan fingerprint density at radius 3 is 2.27 bits per heavy atom. The Labute approximate surface area is 302 Å². The number of benzene rings is 4. The number of hydrogen-bond acceptors (Lipinski definition) is 3. The van der Waals surface area contributed by atoms with Gasteiger partial charge in [-0.25, -0.2) is 9.67 Å². The van der Waals surface area contributed by atoms with Crippen LogP contribution in [0.4, 0.5) is 0 Å². The summed E-state index contributed by atoms with van der Waals surface area (Å²) < 4.78 is 11.0. The normalized spacial score (nSPS) is 12.4. The van der Waals surface area contributed by atoms with Gasteiger partial charge in [0, 0.05) is 40.4 Å². The van der Waals surface area contributed by atoms with E-state index in [-0.39, 0.29) is 0 Å². The summed E-state index contributed by atoms with van der Waals surface area (Å²) in [6.07, 6.45) is 6.68. The summed E-state index contributed by atoms with van der Waals surface area (Å²) in [5.74, 6) is 4.28. The van der Waals surface area contributed by atoms with E-state index in [9.17, 15) is 0 Å². The number of rotatable bonds is 12. The minimum absolute atomic E-state index is 0.500. The third kappa shape index (κ3) is 7.21. The molecule has 7 aromatic rings. The number of nitrogens with zero attached hydrogens (tertiary/aromatic N) is 4.